The summed E-state index contributed by atoms with van der Waals surface area (Å²) in [6.45, 7) is 2.00. The van der Waals surface area contributed by atoms with E-state index in [-0.39, 0.29) is 11.3 Å². The number of nitrogens with one attached hydrogen (secondary N) is 1. The molecule has 1 N–H and O–H groups in total. The van der Waals surface area contributed by atoms with Crippen molar-refractivity contribution in [1.82, 2.24) is 4.72 Å². The van der Waals surface area contributed by atoms with Crippen LogP contribution in [0.3, 0.4) is 0 Å². The maximum atomic E-state index is 12.0. The molecule has 1 atom stereocenters. The van der Waals surface area contributed by atoms with Crippen LogP contribution in [0.5, 0.6) is 0 Å². The largest absolute Gasteiger partial charge is 0.215 e. The van der Waals surface area contributed by atoms with Gasteiger partial charge in [0.2, 0.25) is 10.0 Å². The maximum Gasteiger partial charge on any atom is 0.215 e. The zero-order valence-electron chi connectivity index (χ0n) is 9.91. The molecule has 0 aromatic rings. The first kappa shape index (κ1) is 13.5. The standard InChI is InChI=1S/C12H21NO2S/c1-3-8-11(4-2)13-16(14,15)12-9-6-5-7-10-12/h2,11-13H,3,5-10H2,1H3. The normalized spacial score (nSPS) is 20.2. The van der Waals surface area contributed by atoms with E-state index in [4.69, 9.17) is 6.42 Å². The third-order valence-corrected chi connectivity index (χ3v) is 5.04. The van der Waals surface area contributed by atoms with Crippen LogP contribution in [-0.4, -0.2) is 19.7 Å². The fraction of sp³-hybridized carbons (Fsp3) is 0.833. The first-order valence-electron chi connectivity index (χ1n) is 6.07. The van der Waals surface area contributed by atoms with E-state index < -0.39 is 10.0 Å². The van der Waals surface area contributed by atoms with Gasteiger partial charge in [-0.25, -0.2) is 13.1 Å². The average Bonchev–Trinajstić information content (AvgIpc) is 2.29. The minimum absolute atomic E-state index is 0.228. The Kier molecular flexibility index (Phi) is 5.30. The Hall–Kier alpha value is -0.530. The van der Waals surface area contributed by atoms with Crippen LogP contribution in [-0.2, 0) is 10.0 Å². The van der Waals surface area contributed by atoms with E-state index in [1.807, 2.05) is 6.92 Å². The molecule has 92 valence electrons. The minimum atomic E-state index is -3.21. The molecule has 0 radical (unpaired) electrons. The SMILES string of the molecule is C#CC(CCC)NS(=O)(=O)C1CCCCC1. The van der Waals surface area contributed by atoms with Gasteiger partial charge >= 0.3 is 0 Å². The van der Waals surface area contributed by atoms with Crippen molar-refractivity contribution >= 4 is 10.0 Å². The Morgan fingerprint density at radius 1 is 1.38 bits per heavy atom. The topological polar surface area (TPSA) is 46.2 Å². The number of hydrogen-bond acceptors (Lipinski definition) is 2. The van der Waals surface area contributed by atoms with Crippen molar-refractivity contribution in [3.63, 3.8) is 0 Å². The van der Waals surface area contributed by atoms with Crippen LogP contribution in [0.1, 0.15) is 51.9 Å². The van der Waals surface area contributed by atoms with Crippen molar-refractivity contribution in [2.45, 2.75) is 63.2 Å². The Morgan fingerprint density at radius 2 is 2.00 bits per heavy atom. The summed E-state index contributed by atoms with van der Waals surface area (Å²) < 4.78 is 26.7. The summed E-state index contributed by atoms with van der Waals surface area (Å²) in [6.07, 6.45) is 11.7. The summed E-state index contributed by atoms with van der Waals surface area (Å²) in [7, 11) is -3.21. The van der Waals surface area contributed by atoms with Gasteiger partial charge in [0.1, 0.15) is 0 Å². The second kappa shape index (κ2) is 6.27. The van der Waals surface area contributed by atoms with Gasteiger partial charge in [0, 0.05) is 0 Å². The highest BCUT2D eigenvalue weighted by molar-refractivity contribution is 7.90. The summed E-state index contributed by atoms with van der Waals surface area (Å²) in [5.41, 5.74) is 0. The van der Waals surface area contributed by atoms with Gasteiger partial charge < -0.3 is 0 Å². The molecule has 0 aliphatic heterocycles. The lowest BCUT2D eigenvalue weighted by molar-refractivity contribution is 0.473. The molecule has 0 amide bonds. The van der Waals surface area contributed by atoms with Gasteiger partial charge in [0.25, 0.3) is 0 Å². The van der Waals surface area contributed by atoms with Crippen LogP contribution >= 0.6 is 0 Å². The molecule has 1 aliphatic carbocycles. The Balaban J connectivity index is 2.59. The molecule has 0 aromatic heterocycles. The lowest BCUT2D eigenvalue weighted by Gasteiger charge is -2.23. The van der Waals surface area contributed by atoms with Crippen molar-refractivity contribution in [2.75, 3.05) is 0 Å². The van der Waals surface area contributed by atoms with E-state index in [0.29, 0.717) is 6.42 Å². The van der Waals surface area contributed by atoms with Gasteiger partial charge in [-0.2, -0.15) is 0 Å². The number of terminal acetylenes is 1. The lowest BCUT2D eigenvalue weighted by atomic mass is 10.0. The molecular formula is C12H21NO2S. The average molecular weight is 243 g/mol. The van der Waals surface area contributed by atoms with Gasteiger partial charge in [0.15, 0.2) is 0 Å². The van der Waals surface area contributed by atoms with Crippen LogP contribution in [0.4, 0.5) is 0 Å². The fourth-order valence-corrected chi connectivity index (χ4v) is 3.86. The second-order valence-corrected chi connectivity index (χ2v) is 6.42. The van der Waals surface area contributed by atoms with E-state index in [1.54, 1.807) is 0 Å². The van der Waals surface area contributed by atoms with Crippen molar-refractivity contribution < 1.29 is 8.42 Å². The lowest BCUT2D eigenvalue weighted by Crippen LogP contribution is -2.41. The first-order valence-corrected chi connectivity index (χ1v) is 7.62. The molecule has 0 saturated heterocycles. The van der Waals surface area contributed by atoms with Crippen molar-refractivity contribution in [2.24, 2.45) is 0 Å². The van der Waals surface area contributed by atoms with Crippen LogP contribution in [0.2, 0.25) is 0 Å². The highest BCUT2D eigenvalue weighted by Gasteiger charge is 2.28. The third-order valence-electron chi connectivity index (χ3n) is 3.08. The van der Waals surface area contributed by atoms with Crippen molar-refractivity contribution in [1.29, 1.82) is 0 Å². The molecule has 1 saturated carbocycles. The summed E-state index contributed by atoms with van der Waals surface area (Å²) >= 11 is 0. The number of sulfonamides is 1. The first-order chi connectivity index (χ1) is 7.60. The van der Waals surface area contributed by atoms with Crippen molar-refractivity contribution in [3.05, 3.63) is 0 Å². The highest BCUT2D eigenvalue weighted by atomic mass is 32.2. The van der Waals surface area contributed by atoms with E-state index in [0.717, 1.165) is 38.5 Å². The molecule has 1 aliphatic rings. The van der Waals surface area contributed by atoms with Gasteiger partial charge in [-0.05, 0) is 19.3 Å². The molecule has 4 heteroatoms. The molecule has 1 fully saturated rings. The summed E-state index contributed by atoms with van der Waals surface area (Å²) in [4.78, 5) is 0. The Morgan fingerprint density at radius 3 is 2.50 bits per heavy atom. The summed E-state index contributed by atoms with van der Waals surface area (Å²) in [6, 6.07) is -0.336. The van der Waals surface area contributed by atoms with E-state index in [9.17, 15) is 8.42 Å². The molecule has 1 rings (SSSR count). The zero-order valence-corrected chi connectivity index (χ0v) is 10.7. The van der Waals surface area contributed by atoms with Gasteiger partial charge in [0.05, 0.1) is 11.3 Å². The maximum absolute atomic E-state index is 12.0. The van der Waals surface area contributed by atoms with E-state index in [2.05, 4.69) is 10.6 Å². The number of hydrogen-bond donors (Lipinski definition) is 1. The Labute approximate surface area is 99.1 Å². The quantitative estimate of drug-likeness (QED) is 0.751. The molecule has 0 bridgehead atoms. The molecule has 16 heavy (non-hydrogen) atoms. The predicted octanol–water partition coefficient (Wildman–Crippen LogP) is 2.04. The molecule has 0 spiro atoms. The van der Waals surface area contributed by atoms with Gasteiger partial charge in [-0.1, -0.05) is 38.5 Å². The van der Waals surface area contributed by atoms with Crippen LogP contribution in [0, 0.1) is 12.3 Å². The minimum Gasteiger partial charge on any atom is -0.212 e. The summed E-state index contributed by atoms with van der Waals surface area (Å²) in [5.74, 6) is 2.51. The highest BCUT2D eigenvalue weighted by Crippen LogP contribution is 2.23. The van der Waals surface area contributed by atoms with Crippen LogP contribution < -0.4 is 4.72 Å². The smallest absolute Gasteiger partial charge is 0.212 e. The molecule has 0 aromatic carbocycles. The second-order valence-electron chi connectivity index (χ2n) is 4.43. The monoisotopic (exact) mass is 243 g/mol. The van der Waals surface area contributed by atoms with Crippen molar-refractivity contribution in [3.8, 4) is 12.3 Å². The number of rotatable bonds is 5. The predicted molar refractivity (Wildman–Crippen MR) is 66.5 cm³/mol. The van der Waals surface area contributed by atoms with Gasteiger partial charge in [-0.3, -0.25) is 0 Å². The summed E-state index contributed by atoms with van der Waals surface area (Å²) in [5, 5.41) is -0.228. The molecular weight excluding hydrogens is 222 g/mol. The Bertz CT molecular complexity index is 337. The third kappa shape index (κ3) is 3.80. The fourth-order valence-electron chi connectivity index (χ4n) is 2.13. The zero-order chi connectivity index (χ0) is 12.0. The molecule has 3 nitrogen and oxygen atoms in total. The van der Waals surface area contributed by atoms with E-state index in [1.165, 1.54) is 0 Å². The van der Waals surface area contributed by atoms with E-state index >= 15 is 0 Å². The van der Waals surface area contributed by atoms with Crippen LogP contribution in [0.15, 0.2) is 0 Å². The van der Waals surface area contributed by atoms with Gasteiger partial charge in [-0.15, -0.1) is 6.42 Å². The molecule has 1 unspecified atom stereocenters. The van der Waals surface area contributed by atoms with Crippen LogP contribution in [0.25, 0.3) is 0 Å². The molecule has 0 heterocycles.